The number of halogens is 2. The van der Waals surface area contributed by atoms with E-state index in [1.165, 1.54) is 0 Å². The van der Waals surface area contributed by atoms with Crippen LogP contribution in [0.25, 0.3) is 22.6 Å². The van der Waals surface area contributed by atoms with Gasteiger partial charge < -0.3 is 14.5 Å². The lowest BCUT2D eigenvalue weighted by Gasteiger charge is -2.10. The van der Waals surface area contributed by atoms with Crippen LogP contribution in [0.15, 0.2) is 69.6 Å². The van der Waals surface area contributed by atoms with E-state index in [1.807, 2.05) is 24.3 Å². The van der Waals surface area contributed by atoms with Crippen LogP contribution in [0, 0.1) is 0 Å². The predicted molar refractivity (Wildman–Crippen MR) is 129 cm³/mol. The van der Waals surface area contributed by atoms with Crippen LogP contribution in [-0.2, 0) is 0 Å². The van der Waals surface area contributed by atoms with E-state index in [4.69, 9.17) is 33.0 Å². The number of nitrogens with one attached hydrogen (secondary N) is 2. The van der Waals surface area contributed by atoms with E-state index < -0.39 is 5.91 Å². The predicted octanol–water partition coefficient (Wildman–Crippen LogP) is 6.05. The van der Waals surface area contributed by atoms with Gasteiger partial charge in [-0.2, -0.15) is 0 Å². The second-order valence-corrected chi connectivity index (χ2v) is 8.19. The molecule has 6 nitrogen and oxygen atoms in total. The highest BCUT2D eigenvalue weighted by molar-refractivity contribution is 9.10. The fraction of sp³-hybridized carbons (Fsp3) is 0.0455. The van der Waals surface area contributed by atoms with Crippen LogP contribution in [0.3, 0.4) is 0 Å². The summed E-state index contributed by atoms with van der Waals surface area (Å²) in [5, 5.41) is 6.07. The first-order valence-corrected chi connectivity index (χ1v) is 10.6. The standard InChI is InChI=1S/C22H15BrClN3O3S/c1-29-15-6-2-12(3-7-15)21-26-18-11-14(5-9-19(18)30-21)25-22(31)27-20(28)16-10-13(23)4-8-17(16)24/h2-11H,1H3,(H2,25,27,28,31). The molecule has 0 saturated heterocycles. The van der Waals surface area contributed by atoms with Gasteiger partial charge in [-0.05, 0) is 72.9 Å². The molecule has 0 saturated carbocycles. The van der Waals surface area contributed by atoms with Crippen molar-refractivity contribution in [2.24, 2.45) is 0 Å². The van der Waals surface area contributed by atoms with Crippen molar-refractivity contribution in [2.45, 2.75) is 0 Å². The molecule has 0 unspecified atom stereocenters. The average Bonchev–Trinajstić information content (AvgIpc) is 3.18. The van der Waals surface area contributed by atoms with Gasteiger partial charge in [0.05, 0.1) is 17.7 Å². The monoisotopic (exact) mass is 515 g/mol. The normalized spacial score (nSPS) is 10.7. The lowest BCUT2D eigenvalue weighted by Crippen LogP contribution is -2.34. The van der Waals surface area contributed by atoms with Gasteiger partial charge in [0.2, 0.25) is 5.89 Å². The highest BCUT2D eigenvalue weighted by atomic mass is 79.9. The zero-order chi connectivity index (χ0) is 22.0. The minimum absolute atomic E-state index is 0.138. The van der Waals surface area contributed by atoms with Gasteiger partial charge in [0.1, 0.15) is 11.3 Å². The quantitative estimate of drug-likeness (QED) is 0.322. The van der Waals surface area contributed by atoms with Crippen LogP contribution >= 0.6 is 39.7 Å². The molecule has 4 rings (SSSR count). The van der Waals surface area contributed by atoms with Crippen molar-refractivity contribution < 1.29 is 13.9 Å². The molecule has 0 fully saturated rings. The number of benzene rings is 3. The van der Waals surface area contributed by atoms with Gasteiger partial charge in [-0.3, -0.25) is 10.1 Å². The summed E-state index contributed by atoms with van der Waals surface area (Å²) in [4.78, 5) is 17.0. The van der Waals surface area contributed by atoms with Crippen molar-refractivity contribution in [3.05, 3.63) is 75.7 Å². The van der Waals surface area contributed by atoms with Crippen molar-refractivity contribution >= 4 is 67.6 Å². The van der Waals surface area contributed by atoms with Gasteiger partial charge in [0.25, 0.3) is 5.91 Å². The molecule has 0 atom stereocenters. The summed E-state index contributed by atoms with van der Waals surface area (Å²) >= 11 is 14.7. The molecule has 1 heterocycles. The van der Waals surface area contributed by atoms with E-state index in [9.17, 15) is 4.79 Å². The molecule has 0 aliphatic rings. The summed E-state index contributed by atoms with van der Waals surface area (Å²) in [5.41, 5.74) is 3.09. The topological polar surface area (TPSA) is 76.4 Å². The van der Waals surface area contributed by atoms with Crippen LogP contribution in [-0.4, -0.2) is 23.1 Å². The van der Waals surface area contributed by atoms with Gasteiger partial charge in [-0.15, -0.1) is 0 Å². The molecule has 156 valence electrons. The Hall–Kier alpha value is -2.94. The third kappa shape index (κ3) is 4.87. The third-order valence-electron chi connectivity index (χ3n) is 4.38. The van der Waals surface area contributed by atoms with Crippen LogP contribution in [0.2, 0.25) is 5.02 Å². The first kappa shape index (κ1) is 21.3. The first-order chi connectivity index (χ1) is 14.9. The molecule has 0 aliphatic heterocycles. The Morgan fingerprint density at radius 3 is 2.65 bits per heavy atom. The molecular weight excluding hydrogens is 502 g/mol. The first-order valence-electron chi connectivity index (χ1n) is 9.05. The second-order valence-electron chi connectivity index (χ2n) is 6.46. The molecule has 4 aromatic rings. The molecule has 1 aromatic heterocycles. The SMILES string of the molecule is COc1ccc(-c2nc3cc(NC(=S)NC(=O)c4cc(Br)ccc4Cl)ccc3o2)cc1. The van der Waals surface area contributed by atoms with Crippen LogP contribution < -0.4 is 15.4 Å². The Morgan fingerprint density at radius 2 is 1.90 bits per heavy atom. The summed E-state index contributed by atoms with van der Waals surface area (Å²) < 4.78 is 11.7. The van der Waals surface area contributed by atoms with Gasteiger partial charge in [0.15, 0.2) is 10.7 Å². The van der Waals surface area contributed by atoms with Crippen molar-refractivity contribution in [1.82, 2.24) is 10.3 Å². The number of thiocarbonyl (C=S) groups is 1. The molecular formula is C22H15BrClN3O3S. The smallest absolute Gasteiger partial charge is 0.258 e. The molecule has 1 amide bonds. The Balaban J connectivity index is 1.48. The fourth-order valence-electron chi connectivity index (χ4n) is 2.87. The Morgan fingerprint density at radius 1 is 1.13 bits per heavy atom. The maximum Gasteiger partial charge on any atom is 0.258 e. The zero-order valence-electron chi connectivity index (χ0n) is 16.1. The zero-order valence-corrected chi connectivity index (χ0v) is 19.3. The Bertz CT molecular complexity index is 1290. The molecule has 0 spiro atoms. The molecule has 3 aromatic carbocycles. The van der Waals surface area contributed by atoms with Crippen molar-refractivity contribution in [3.63, 3.8) is 0 Å². The number of carbonyl (C=O) groups excluding carboxylic acids is 1. The highest BCUT2D eigenvalue weighted by Crippen LogP contribution is 2.27. The van der Waals surface area contributed by atoms with Gasteiger partial charge in [-0.1, -0.05) is 27.5 Å². The number of hydrogen-bond donors (Lipinski definition) is 2. The summed E-state index contributed by atoms with van der Waals surface area (Å²) in [7, 11) is 1.61. The number of anilines is 1. The molecule has 9 heteroatoms. The number of carbonyl (C=O) groups is 1. The van der Waals surface area contributed by atoms with Gasteiger partial charge in [-0.25, -0.2) is 4.98 Å². The molecule has 31 heavy (non-hydrogen) atoms. The third-order valence-corrected chi connectivity index (χ3v) is 5.41. The minimum Gasteiger partial charge on any atom is -0.497 e. The number of rotatable bonds is 4. The van der Waals surface area contributed by atoms with E-state index in [-0.39, 0.29) is 5.11 Å². The van der Waals surface area contributed by atoms with E-state index >= 15 is 0 Å². The number of nitrogens with zero attached hydrogens (tertiary/aromatic N) is 1. The maximum absolute atomic E-state index is 12.5. The Labute approximate surface area is 196 Å². The number of amides is 1. The Kier molecular flexibility index (Phi) is 6.22. The van der Waals surface area contributed by atoms with E-state index in [2.05, 4.69) is 31.5 Å². The number of methoxy groups -OCH3 is 1. The second kappa shape index (κ2) is 9.05. The number of ether oxygens (including phenoxy) is 1. The molecule has 2 N–H and O–H groups in total. The molecule has 0 aliphatic carbocycles. The van der Waals surface area contributed by atoms with Crippen molar-refractivity contribution in [2.75, 3.05) is 12.4 Å². The lowest BCUT2D eigenvalue weighted by atomic mass is 10.2. The number of hydrogen-bond acceptors (Lipinski definition) is 5. The average molecular weight is 517 g/mol. The number of fused-ring (bicyclic) bond motifs is 1. The summed E-state index contributed by atoms with van der Waals surface area (Å²) in [5.74, 6) is 0.842. The van der Waals surface area contributed by atoms with Crippen molar-refractivity contribution in [3.8, 4) is 17.2 Å². The molecule has 0 bridgehead atoms. The number of aromatic nitrogens is 1. The van der Waals surface area contributed by atoms with Crippen LogP contribution in [0.1, 0.15) is 10.4 Å². The van der Waals surface area contributed by atoms with Crippen LogP contribution in [0.4, 0.5) is 5.69 Å². The van der Waals surface area contributed by atoms with Crippen molar-refractivity contribution in [1.29, 1.82) is 0 Å². The fourth-order valence-corrected chi connectivity index (χ4v) is 3.64. The summed E-state index contributed by atoms with van der Waals surface area (Å²) in [6.07, 6.45) is 0. The van der Waals surface area contributed by atoms with E-state index in [0.29, 0.717) is 33.3 Å². The summed E-state index contributed by atoms with van der Waals surface area (Å²) in [6.45, 7) is 0. The number of oxazole rings is 1. The van der Waals surface area contributed by atoms with E-state index in [0.717, 1.165) is 15.8 Å². The minimum atomic E-state index is -0.409. The lowest BCUT2D eigenvalue weighted by molar-refractivity contribution is 0.0978. The van der Waals surface area contributed by atoms with Crippen LogP contribution in [0.5, 0.6) is 5.75 Å². The largest absolute Gasteiger partial charge is 0.497 e. The maximum atomic E-state index is 12.5. The highest BCUT2D eigenvalue weighted by Gasteiger charge is 2.14. The molecule has 0 radical (unpaired) electrons. The van der Waals surface area contributed by atoms with Gasteiger partial charge in [0, 0.05) is 15.7 Å². The van der Waals surface area contributed by atoms with Gasteiger partial charge >= 0.3 is 0 Å². The summed E-state index contributed by atoms with van der Waals surface area (Å²) in [6, 6.07) is 17.8. The van der Waals surface area contributed by atoms with E-state index in [1.54, 1.807) is 43.5 Å².